The van der Waals surface area contributed by atoms with Crippen LogP contribution in [0.25, 0.3) is 32.9 Å². The number of likely N-dealkylation sites (N-methyl/N-ethyl adjacent to an activating group) is 1. The number of hydrogen-bond donors (Lipinski definition) is 1. The van der Waals surface area contributed by atoms with Gasteiger partial charge in [-0.3, -0.25) is 9.48 Å². The van der Waals surface area contributed by atoms with Crippen molar-refractivity contribution in [2.75, 3.05) is 25.1 Å². The molecule has 0 fully saturated rings. The highest BCUT2D eigenvalue weighted by molar-refractivity contribution is 6.35. The Bertz CT molecular complexity index is 2460. The van der Waals surface area contributed by atoms with Crippen molar-refractivity contribution in [2.24, 2.45) is 14.1 Å². The minimum Gasteiger partial charge on any atom is -0.494 e. The highest BCUT2D eigenvalue weighted by Crippen LogP contribution is 2.43. The summed E-state index contributed by atoms with van der Waals surface area (Å²) in [6, 6.07) is 12.6. The summed E-state index contributed by atoms with van der Waals surface area (Å²) in [7, 11) is 5.67. The molecule has 0 aliphatic carbocycles. The monoisotopic (exact) mass is 752 g/mol. The summed E-state index contributed by atoms with van der Waals surface area (Å²) in [5.41, 5.74) is 9.46. The maximum Gasteiger partial charge on any atom is 0.335 e. The molecule has 1 N–H and O–H groups in total. The van der Waals surface area contributed by atoms with Crippen molar-refractivity contribution >= 4 is 63.0 Å². The molecule has 6 aromatic rings. The number of benzene rings is 3. The van der Waals surface area contributed by atoms with Crippen molar-refractivity contribution in [1.82, 2.24) is 18.9 Å². The maximum absolute atomic E-state index is 13.2. The molecule has 0 amide bonds. The molecule has 1 atom stereocenters. The van der Waals surface area contributed by atoms with Crippen molar-refractivity contribution in [3.8, 4) is 22.9 Å². The normalized spacial score (nSPS) is 12.0. The largest absolute Gasteiger partial charge is 0.494 e. The van der Waals surface area contributed by atoms with Crippen LogP contribution >= 0.6 is 23.2 Å². The van der Waals surface area contributed by atoms with Gasteiger partial charge in [-0.2, -0.15) is 10.4 Å². The molecule has 6 rings (SSSR count). The number of aromatic carboxylic acids is 1. The summed E-state index contributed by atoms with van der Waals surface area (Å²) in [6.07, 6.45) is 4.06. The third-order valence-corrected chi connectivity index (χ3v) is 11.1. The fraction of sp³-hybridized carbons (Fsp3) is 0.317. The standard InChI is InChI=1S/C41H42Cl2N6O4/c1-22-14-29(15-23(2)38(22)43)53-13-9-10-30-31-11-12-33(42)37(36-25(4)45-48(8)26(36)5)40(31)49(35(30)21-50)24(3)19-46(6)34-20-47(7)39-28(18-44)16-27(41(51)52)17-32(34)39/h11-12,14-17,20-21,24H,9-10,13,19H2,1-8H3,(H,51,52)/t24-/m1/s1. The highest BCUT2D eigenvalue weighted by Gasteiger charge is 2.28. The molecule has 0 bridgehead atoms. The number of nitrogens with zero attached hydrogens (tertiary/aromatic N) is 6. The zero-order valence-electron chi connectivity index (χ0n) is 31.1. The number of carboxylic acids is 1. The molecule has 3 aromatic heterocycles. The van der Waals surface area contributed by atoms with Crippen molar-refractivity contribution in [2.45, 2.75) is 53.5 Å². The van der Waals surface area contributed by atoms with Gasteiger partial charge in [0.05, 0.1) is 50.9 Å². The van der Waals surface area contributed by atoms with E-state index in [1.807, 2.05) is 93.4 Å². The van der Waals surface area contributed by atoms with Gasteiger partial charge in [-0.1, -0.05) is 29.3 Å². The van der Waals surface area contributed by atoms with Crippen LogP contribution in [0.1, 0.15) is 73.9 Å². The SMILES string of the molecule is Cc1cc(OCCCc2c(C=O)n([C@H](C)CN(C)c3cn(C)c4c(C#N)cc(C(=O)O)cc34)c3c(-c4c(C)nn(C)c4C)c(Cl)ccc23)cc(C)c1Cl. The van der Waals surface area contributed by atoms with E-state index in [9.17, 15) is 20.0 Å². The van der Waals surface area contributed by atoms with Crippen LogP contribution in [-0.2, 0) is 20.5 Å². The summed E-state index contributed by atoms with van der Waals surface area (Å²) in [5, 5.41) is 27.3. The van der Waals surface area contributed by atoms with E-state index in [2.05, 4.69) is 17.6 Å². The second kappa shape index (κ2) is 14.6. The van der Waals surface area contributed by atoms with E-state index in [1.54, 1.807) is 6.07 Å². The quantitative estimate of drug-likeness (QED) is 0.0978. The molecule has 0 saturated heterocycles. The zero-order chi connectivity index (χ0) is 38.5. The first-order chi connectivity index (χ1) is 25.2. The molecule has 0 unspecified atom stereocenters. The van der Waals surface area contributed by atoms with Gasteiger partial charge in [0.2, 0.25) is 0 Å². The molecule has 0 radical (unpaired) electrons. The number of carboxylic acid groups (broad SMARTS) is 1. The first kappa shape index (κ1) is 37.5. The Morgan fingerprint density at radius 3 is 2.36 bits per heavy atom. The molecule has 3 aromatic carbocycles. The lowest BCUT2D eigenvalue weighted by molar-refractivity contribution is 0.0697. The number of nitriles is 1. The van der Waals surface area contributed by atoms with Gasteiger partial charge in [0.25, 0.3) is 0 Å². The Labute approximate surface area is 318 Å². The molecule has 10 nitrogen and oxygen atoms in total. The number of ether oxygens (including phenoxy) is 1. The average Bonchev–Trinajstić information content (AvgIpc) is 3.72. The molecular formula is C41H42Cl2N6O4. The van der Waals surface area contributed by atoms with Crippen LogP contribution < -0.4 is 9.64 Å². The minimum atomic E-state index is -1.11. The zero-order valence-corrected chi connectivity index (χ0v) is 32.6. The average molecular weight is 754 g/mol. The molecule has 0 aliphatic rings. The lowest BCUT2D eigenvalue weighted by atomic mass is 9.98. The summed E-state index contributed by atoms with van der Waals surface area (Å²) < 4.78 is 11.9. The van der Waals surface area contributed by atoms with Gasteiger partial charge >= 0.3 is 5.97 Å². The molecule has 0 saturated carbocycles. The van der Waals surface area contributed by atoms with E-state index in [0.717, 1.165) is 72.9 Å². The number of carbonyl (C=O) groups excluding carboxylic acids is 1. The number of hydrogen-bond acceptors (Lipinski definition) is 6. The molecular weight excluding hydrogens is 711 g/mol. The summed E-state index contributed by atoms with van der Waals surface area (Å²) in [5.74, 6) is -0.355. The fourth-order valence-corrected chi connectivity index (χ4v) is 8.09. The van der Waals surface area contributed by atoms with E-state index in [-0.39, 0.29) is 17.2 Å². The van der Waals surface area contributed by atoms with E-state index >= 15 is 0 Å². The van der Waals surface area contributed by atoms with Crippen molar-refractivity contribution < 1.29 is 19.4 Å². The first-order valence-corrected chi connectivity index (χ1v) is 18.1. The van der Waals surface area contributed by atoms with Crippen LogP contribution in [0.2, 0.25) is 10.0 Å². The first-order valence-electron chi connectivity index (χ1n) is 17.4. The predicted octanol–water partition coefficient (Wildman–Crippen LogP) is 9.17. The van der Waals surface area contributed by atoms with Crippen molar-refractivity contribution in [1.29, 1.82) is 5.26 Å². The summed E-state index contributed by atoms with van der Waals surface area (Å²) in [4.78, 5) is 27.3. The van der Waals surface area contributed by atoms with Crippen molar-refractivity contribution in [3.63, 3.8) is 0 Å². The molecule has 3 heterocycles. The molecule has 12 heteroatoms. The Balaban J connectivity index is 1.45. The minimum absolute atomic E-state index is 0.0408. The van der Waals surface area contributed by atoms with Crippen LogP contribution in [0.3, 0.4) is 0 Å². The van der Waals surface area contributed by atoms with E-state index in [1.165, 1.54) is 6.07 Å². The summed E-state index contributed by atoms with van der Waals surface area (Å²) >= 11 is 13.5. The number of carbonyl (C=O) groups is 2. The van der Waals surface area contributed by atoms with Crippen LogP contribution in [0.5, 0.6) is 5.75 Å². The molecule has 0 aliphatic heterocycles. The third kappa shape index (κ3) is 6.64. The van der Waals surface area contributed by atoms with Crippen LogP contribution in [0, 0.1) is 39.0 Å². The number of halogens is 2. The van der Waals surface area contributed by atoms with Gasteiger partial charge in [-0.15, -0.1) is 0 Å². The van der Waals surface area contributed by atoms with Crippen LogP contribution in [0.15, 0.2) is 42.6 Å². The fourth-order valence-electron chi connectivity index (χ4n) is 7.73. The molecule has 0 spiro atoms. The van der Waals surface area contributed by atoms with Gasteiger partial charge in [0.15, 0.2) is 6.29 Å². The third-order valence-electron chi connectivity index (χ3n) is 10.2. The van der Waals surface area contributed by atoms with Gasteiger partial charge in [0.1, 0.15) is 11.8 Å². The molecule has 53 heavy (non-hydrogen) atoms. The Kier molecular flexibility index (Phi) is 10.4. The van der Waals surface area contributed by atoms with Gasteiger partial charge in [0, 0.05) is 72.5 Å². The van der Waals surface area contributed by atoms with E-state index in [4.69, 9.17) is 33.0 Å². The highest BCUT2D eigenvalue weighted by atomic mass is 35.5. The number of aryl methyl sites for hydroxylation is 6. The van der Waals surface area contributed by atoms with E-state index < -0.39 is 5.97 Å². The van der Waals surface area contributed by atoms with Gasteiger partial charge in [-0.25, -0.2) is 4.79 Å². The van der Waals surface area contributed by atoms with Gasteiger partial charge < -0.3 is 23.9 Å². The second-order valence-electron chi connectivity index (χ2n) is 13.9. The van der Waals surface area contributed by atoms with Crippen molar-refractivity contribution in [3.05, 3.63) is 97.5 Å². The van der Waals surface area contributed by atoms with Crippen LogP contribution in [-0.4, -0.2) is 56.5 Å². The number of fused-ring (bicyclic) bond motifs is 2. The number of aldehydes is 1. The second-order valence-corrected chi connectivity index (χ2v) is 14.6. The Hall–Kier alpha value is -5.24. The Morgan fingerprint density at radius 1 is 1.06 bits per heavy atom. The van der Waals surface area contributed by atoms with E-state index in [0.29, 0.717) is 47.6 Å². The smallest absolute Gasteiger partial charge is 0.335 e. The summed E-state index contributed by atoms with van der Waals surface area (Å²) in [6.45, 7) is 10.8. The number of rotatable bonds is 12. The lowest BCUT2D eigenvalue weighted by Crippen LogP contribution is -2.27. The molecule has 274 valence electrons. The van der Waals surface area contributed by atoms with Gasteiger partial charge in [-0.05, 0) is 94.5 Å². The maximum atomic E-state index is 13.2. The Morgan fingerprint density at radius 2 is 1.75 bits per heavy atom. The number of anilines is 1. The lowest BCUT2D eigenvalue weighted by Gasteiger charge is -2.26. The van der Waals surface area contributed by atoms with Crippen LogP contribution in [0.4, 0.5) is 5.69 Å². The number of aromatic nitrogens is 4. The topological polar surface area (TPSA) is 118 Å². The predicted molar refractivity (Wildman–Crippen MR) is 211 cm³/mol.